The van der Waals surface area contributed by atoms with E-state index >= 15 is 0 Å². The Bertz CT molecular complexity index is 248. The number of carbonyl (C=O) groups excluding carboxylic acids is 1. The maximum absolute atomic E-state index is 10.5. The highest BCUT2D eigenvalue weighted by atomic mass is 31.2. The second-order valence-corrected chi connectivity index (χ2v) is 3.98. The Kier molecular flexibility index (Phi) is 6.15. The summed E-state index contributed by atoms with van der Waals surface area (Å²) in [5.41, 5.74) is 0. The normalized spacial score (nSPS) is 16.1. The van der Waals surface area contributed by atoms with Crippen molar-refractivity contribution >= 4 is 13.6 Å². The van der Waals surface area contributed by atoms with Crippen molar-refractivity contribution < 1.29 is 38.6 Å². The molecule has 2 atom stereocenters. The maximum atomic E-state index is 10.5. The highest BCUT2D eigenvalue weighted by Gasteiger charge is 2.18. The number of aliphatic hydroxyl groups excluding tert-OH is 2. The van der Waals surface area contributed by atoms with Crippen molar-refractivity contribution in [3.05, 3.63) is 0 Å². The van der Waals surface area contributed by atoms with E-state index in [0.717, 1.165) is 6.92 Å². The van der Waals surface area contributed by atoms with Crippen LogP contribution in [0.15, 0.2) is 0 Å². The molecule has 0 amide bonds. The number of phosphoric acid groups is 1. The summed E-state index contributed by atoms with van der Waals surface area (Å²) in [5, 5.41) is 17.9. The van der Waals surface area contributed by atoms with Crippen LogP contribution in [0, 0.1) is 0 Å². The van der Waals surface area contributed by atoms with Gasteiger partial charge in [0, 0.05) is 0 Å². The standard InChI is InChI=1S/C6H13O8P/c1-4(7)6(9)13-2-5(8)3-14-15(10,11)12/h5-6,8-9H,2-3H2,1H3,(H2,10,11,12). The molecular formula is C6H13O8P. The zero-order chi connectivity index (χ0) is 12.1. The first-order valence-electron chi connectivity index (χ1n) is 3.90. The smallest absolute Gasteiger partial charge is 0.388 e. The average molecular weight is 244 g/mol. The average Bonchev–Trinajstić information content (AvgIpc) is 2.09. The van der Waals surface area contributed by atoms with Gasteiger partial charge < -0.3 is 24.7 Å². The molecule has 0 aromatic heterocycles. The quantitative estimate of drug-likeness (QED) is 0.310. The van der Waals surface area contributed by atoms with Crippen molar-refractivity contribution in [3.63, 3.8) is 0 Å². The van der Waals surface area contributed by atoms with E-state index in [0.29, 0.717) is 0 Å². The molecule has 9 heteroatoms. The molecule has 0 aromatic rings. The molecule has 0 saturated carbocycles. The minimum atomic E-state index is -4.63. The second kappa shape index (κ2) is 6.29. The molecule has 0 spiro atoms. The number of rotatable bonds is 7. The summed E-state index contributed by atoms with van der Waals surface area (Å²) in [5.74, 6) is -0.641. The third-order valence-electron chi connectivity index (χ3n) is 1.23. The summed E-state index contributed by atoms with van der Waals surface area (Å²) < 4.78 is 18.6. The lowest BCUT2D eigenvalue weighted by atomic mass is 10.4. The highest BCUT2D eigenvalue weighted by molar-refractivity contribution is 7.46. The topological polar surface area (TPSA) is 134 Å². The first kappa shape index (κ1) is 14.7. The molecule has 15 heavy (non-hydrogen) atoms. The van der Waals surface area contributed by atoms with Crippen molar-refractivity contribution in [2.24, 2.45) is 0 Å². The number of ketones is 1. The van der Waals surface area contributed by atoms with Gasteiger partial charge >= 0.3 is 7.82 Å². The monoisotopic (exact) mass is 244 g/mol. The molecule has 0 aromatic carbocycles. The predicted molar refractivity (Wildman–Crippen MR) is 46.6 cm³/mol. The lowest BCUT2D eigenvalue weighted by Gasteiger charge is -2.14. The molecular weight excluding hydrogens is 231 g/mol. The number of hydrogen-bond donors (Lipinski definition) is 4. The minimum absolute atomic E-state index is 0.471. The van der Waals surface area contributed by atoms with E-state index in [4.69, 9.17) is 20.0 Å². The van der Waals surface area contributed by atoms with Crippen LogP contribution < -0.4 is 0 Å². The third kappa shape index (κ3) is 8.64. The third-order valence-corrected chi connectivity index (χ3v) is 1.71. The summed E-state index contributed by atoms with van der Waals surface area (Å²) in [6, 6.07) is 0. The van der Waals surface area contributed by atoms with Gasteiger partial charge in [-0.2, -0.15) is 0 Å². The van der Waals surface area contributed by atoms with Crippen molar-refractivity contribution in [3.8, 4) is 0 Å². The molecule has 0 fully saturated rings. The molecule has 0 bridgehead atoms. The van der Waals surface area contributed by atoms with E-state index in [-0.39, 0.29) is 0 Å². The number of ether oxygens (including phenoxy) is 1. The molecule has 0 aliphatic rings. The Morgan fingerprint density at radius 1 is 1.33 bits per heavy atom. The van der Waals surface area contributed by atoms with Gasteiger partial charge in [-0.15, -0.1) is 0 Å². The first-order chi connectivity index (χ1) is 6.72. The van der Waals surface area contributed by atoms with Crippen LogP contribution in [0.5, 0.6) is 0 Å². The fourth-order valence-corrected chi connectivity index (χ4v) is 0.917. The fourth-order valence-electron chi connectivity index (χ4n) is 0.551. The predicted octanol–water partition coefficient (Wildman–Crippen LogP) is -1.62. The zero-order valence-corrected chi connectivity index (χ0v) is 8.83. The lowest BCUT2D eigenvalue weighted by molar-refractivity contribution is -0.160. The van der Waals surface area contributed by atoms with Gasteiger partial charge in [-0.3, -0.25) is 9.32 Å². The molecule has 4 N–H and O–H groups in total. The van der Waals surface area contributed by atoms with Gasteiger partial charge in [-0.1, -0.05) is 0 Å². The Morgan fingerprint density at radius 3 is 2.27 bits per heavy atom. The Balaban J connectivity index is 3.71. The number of phosphoric ester groups is 1. The molecule has 90 valence electrons. The van der Waals surface area contributed by atoms with E-state index in [9.17, 15) is 9.36 Å². The van der Waals surface area contributed by atoms with Crippen molar-refractivity contribution in [2.75, 3.05) is 13.2 Å². The van der Waals surface area contributed by atoms with Crippen LogP contribution in [0.1, 0.15) is 6.92 Å². The summed E-state index contributed by atoms with van der Waals surface area (Å²) in [4.78, 5) is 27.0. The number of aliphatic hydroxyl groups is 2. The second-order valence-electron chi connectivity index (χ2n) is 2.74. The van der Waals surface area contributed by atoms with E-state index in [1.807, 2.05) is 0 Å². The van der Waals surface area contributed by atoms with Crippen molar-refractivity contribution in [1.82, 2.24) is 0 Å². The van der Waals surface area contributed by atoms with E-state index in [1.54, 1.807) is 0 Å². The van der Waals surface area contributed by atoms with E-state index < -0.39 is 39.2 Å². The van der Waals surface area contributed by atoms with Crippen LogP contribution in [-0.4, -0.2) is 51.4 Å². The van der Waals surface area contributed by atoms with Gasteiger partial charge in [0.2, 0.25) is 6.29 Å². The van der Waals surface area contributed by atoms with Gasteiger partial charge in [-0.25, -0.2) is 4.57 Å². The first-order valence-corrected chi connectivity index (χ1v) is 5.43. The molecule has 0 saturated heterocycles. The Hall–Kier alpha value is -0.340. The molecule has 8 nitrogen and oxygen atoms in total. The number of Topliss-reactive ketones (excluding diaryl/α,β-unsaturated/α-hetero) is 1. The zero-order valence-electron chi connectivity index (χ0n) is 7.94. The maximum Gasteiger partial charge on any atom is 0.469 e. The van der Waals surface area contributed by atoms with E-state index in [1.165, 1.54) is 0 Å². The highest BCUT2D eigenvalue weighted by Crippen LogP contribution is 2.35. The van der Waals surface area contributed by atoms with Gasteiger partial charge in [0.15, 0.2) is 5.78 Å². The van der Waals surface area contributed by atoms with E-state index in [2.05, 4.69) is 9.26 Å². The van der Waals surface area contributed by atoms with Gasteiger partial charge in [0.1, 0.15) is 6.10 Å². The largest absolute Gasteiger partial charge is 0.469 e. The SMILES string of the molecule is CC(=O)C(O)OCC(O)COP(=O)(O)O. The Morgan fingerprint density at radius 2 is 1.87 bits per heavy atom. The van der Waals surface area contributed by atoms with Crippen LogP contribution in [-0.2, 0) is 18.6 Å². The minimum Gasteiger partial charge on any atom is -0.388 e. The van der Waals surface area contributed by atoms with Crippen LogP contribution in [0.3, 0.4) is 0 Å². The molecule has 2 unspecified atom stereocenters. The lowest BCUT2D eigenvalue weighted by Crippen LogP contribution is -2.28. The fraction of sp³-hybridized carbons (Fsp3) is 0.833. The van der Waals surface area contributed by atoms with Crippen LogP contribution in [0.2, 0.25) is 0 Å². The number of hydrogen-bond acceptors (Lipinski definition) is 6. The van der Waals surface area contributed by atoms with Gasteiger partial charge in [0.25, 0.3) is 0 Å². The Labute approximate surface area is 85.7 Å². The number of carbonyl (C=O) groups is 1. The van der Waals surface area contributed by atoms with Crippen molar-refractivity contribution in [2.45, 2.75) is 19.3 Å². The van der Waals surface area contributed by atoms with Gasteiger partial charge in [0.05, 0.1) is 13.2 Å². The molecule has 0 aliphatic carbocycles. The van der Waals surface area contributed by atoms with Gasteiger partial charge in [-0.05, 0) is 6.92 Å². The summed E-state index contributed by atoms with van der Waals surface area (Å²) in [6.45, 7) is -0.0428. The summed E-state index contributed by atoms with van der Waals surface area (Å²) in [6.07, 6.45) is -3.00. The van der Waals surface area contributed by atoms with Crippen LogP contribution in [0.25, 0.3) is 0 Å². The molecule has 0 rings (SSSR count). The van der Waals surface area contributed by atoms with Crippen LogP contribution >= 0.6 is 7.82 Å². The molecule has 0 heterocycles. The molecule has 0 radical (unpaired) electrons. The molecule has 0 aliphatic heterocycles. The summed E-state index contributed by atoms with van der Waals surface area (Å²) >= 11 is 0. The summed E-state index contributed by atoms with van der Waals surface area (Å²) in [7, 11) is -4.63. The van der Waals surface area contributed by atoms with Crippen LogP contribution in [0.4, 0.5) is 0 Å². The van der Waals surface area contributed by atoms with Crippen molar-refractivity contribution in [1.29, 1.82) is 0 Å².